The van der Waals surface area contributed by atoms with Crippen LogP contribution in [0.1, 0.15) is 17.5 Å². The van der Waals surface area contributed by atoms with Gasteiger partial charge in [0.1, 0.15) is 11.9 Å². The number of carboxylic acid groups (broad SMARTS) is 1. The molecule has 0 amide bonds. The fourth-order valence-electron chi connectivity index (χ4n) is 2.29. The molecule has 0 aromatic heterocycles. The molecule has 1 atom stereocenters. The van der Waals surface area contributed by atoms with E-state index in [9.17, 15) is 9.18 Å². The summed E-state index contributed by atoms with van der Waals surface area (Å²) >= 11 is 1.72. The predicted octanol–water partition coefficient (Wildman–Crippen LogP) is 2.09. The van der Waals surface area contributed by atoms with E-state index in [1.165, 1.54) is 6.07 Å². The summed E-state index contributed by atoms with van der Waals surface area (Å²) in [5.74, 6) is 0.317. The van der Waals surface area contributed by atoms with Crippen LogP contribution in [0.3, 0.4) is 0 Å². The highest BCUT2D eigenvalue weighted by molar-refractivity contribution is 7.99. The lowest BCUT2D eigenvalue weighted by Crippen LogP contribution is -2.43. The SMILES string of the molecule is N#Cc1cccc(CN2CCSCC2CC(=O)O)c1F. The van der Waals surface area contributed by atoms with Gasteiger partial charge in [-0.3, -0.25) is 9.69 Å². The maximum atomic E-state index is 14.0. The summed E-state index contributed by atoms with van der Waals surface area (Å²) in [4.78, 5) is 12.9. The molecule has 1 aromatic carbocycles. The van der Waals surface area contributed by atoms with Crippen molar-refractivity contribution in [1.29, 1.82) is 5.26 Å². The molecule has 1 unspecified atom stereocenters. The normalized spacial score (nSPS) is 19.5. The van der Waals surface area contributed by atoms with Gasteiger partial charge in [0.05, 0.1) is 12.0 Å². The summed E-state index contributed by atoms with van der Waals surface area (Å²) in [6.45, 7) is 1.08. The third-order valence-corrected chi connectivity index (χ3v) is 4.42. The molecular formula is C14H15FN2O2S. The second-order valence-electron chi connectivity index (χ2n) is 4.69. The van der Waals surface area contributed by atoms with Crippen LogP contribution < -0.4 is 0 Å². The van der Waals surface area contributed by atoms with Crippen LogP contribution in [0.2, 0.25) is 0 Å². The molecule has 0 bridgehead atoms. The minimum Gasteiger partial charge on any atom is -0.481 e. The zero-order valence-electron chi connectivity index (χ0n) is 10.9. The molecule has 1 heterocycles. The van der Waals surface area contributed by atoms with Crippen LogP contribution in [0.25, 0.3) is 0 Å². The average molecular weight is 294 g/mol. The molecule has 1 aliphatic heterocycles. The first-order valence-corrected chi connectivity index (χ1v) is 7.48. The zero-order valence-corrected chi connectivity index (χ0v) is 11.7. The molecule has 1 aliphatic rings. The van der Waals surface area contributed by atoms with E-state index < -0.39 is 11.8 Å². The van der Waals surface area contributed by atoms with E-state index in [4.69, 9.17) is 10.4 Å². The Hall–Kier alpha value is -1.58. The van der Waals surface area contributed by atoms with Crippen molar-refractivity contribution in [2.45, 2.75) is 19.0 Å². The van der Waals surface area contributed by atoms with Gasteiger partial charge < -0.3 is 5.11 Å². The maximum absolute atomic E-state index is 14.0. The average Bonchev–Trinajstić information content (AvgIpc) is 2.42. The summed E-state index contributed by atoms with van der Waals surface area (Å²) in [6.07, 6.45) is 0.0621. The molecule has 2 rings (SSSR count). The molecule has 0 saturated carbocycles. The van der Waals surface area contributed by atoms with Crippen LogP contribution in [-0.2, 0) is 11.3 Å². The van der Waals surface area contributed by atoms with Gasteiger partial charge in [0.2, 0.25) is 0 Å². The summed E-state index contributed by atoms with van der Waals surface area (Å²) < 4.78 is 14.0. The predicted molar refractivity (Wildman–Crippen MR) is 74.9 cm³/mol. The van der Waals surface area contributed by atoms with Gasteiger partial charge in [-0.1, -0.05) is 12.1 Å². The number of nitrogens with zero attached hydrogens (tertiary/aromatic N) is 2. The van der Waals surface area contributed by atoms with Crippen molar-refractivity contribution < 1.29 is 14.3 Å². The number of hydrogen-bond donors (Lipinski definition) is 1. The van der Waals surface area contributed by atoms with Crippen LogP contribution in [-0.4, -0.2) is 40.1 Å². The van der Waals surface area contributed by atoms with Gasteiger partial charge in [0, 0.05) is 36.2 Å². The Kier molecular flexibility index (Phi) is 4.99. The quantitative estimate of drug-likeness (QED) is 0.921. The Labute approximate surface area is 121 Å². The molecule has 1 N–H and O–H groups in total. The van der Waals surface area contributed by atoms with Crippen molar-refractivity contribution in [3.8, 4) is 6.07 Å². The van der Waals surface area contributed by atoms with Crippen molar-refractivity contribution in [3.05, 3.63) is 35.1 Å². The summed E-state index contributed by atoms with van der Waals surface area (Å²) in [5, 5.41) is 17.8. The van der Waals surface area contributed by atoms with Crippen molar-refractivity contribution in [2.75, 3.05) is 18.1 Å². The van der Waals surface area contributed by atoms with Gasteiger partial charge >= 0.3 is 5.97 Å². The number of aliphatic carboxylic acids is 1. The highest BCUT2D eigenvalue weighted by Gasteiger charge is 2.26. The van der Waals surface area contributed by atoms with Crippen LogP contribution in [0.4, 0.5) is 4.39 Å². The first kappa shape index (κ1) is 14.8. The number of carboxylic acids is 1. The maximum Gasteiger partial charge on any atom is 0.304 e. The fourth-order valence-corrected chi connectivity index (χ4v) is 3.42. The Morgan fingerprint density at radius 1 is 1.60 bits per heavy atom. The van der Waals surface area contributed by atoms with Gasteiger partial charge in [-0.15, -0.1) is 0 Å². The summed E-state index contributed by atoms with van der Waals surface area (Å²) in [6, 6.07) is 6.49. The second-order valence-corrected chi connectivity index (χ2v) is 5.84. The monoisotopic (exact) mass is 294 g/mol. The fraction of sp³-hybridized carbons (Fsp3) is 0.429. The Bertz CT molecular complexity index is 544. The smallest absolute Gasteiger partial charge is 0.304 e. The summed E-state index contributed by atoms with van der Waals surface area (Å²) in [7, 11) is 0. The lowest BCUT2D eigenvalue weighted by molar-refractivity contribution is -0.138. The molecular weight excluding hydrogens is 279 g/mol. The lowest BCUT2D eigenvalue weighted by Gasteiger charge is -2.34. The number of rotatable bonds is 4. The number of benzene rings is 1. The van der Waals surface area contributed by atoms with E-state index in [2.05, 4.69) is 0 Å². The van der Waals surface area contributed by atoms with Gasteiger partial charge in [-0.05, 0) is 6.07 Å². The first-order chi connectivity index (χ1) is 9.61. The lowest BCUT2D eigenvalue weighted by atomic mass is 10.1. The van der Waals surface area contributed by atoms with Crippen molar-refractivity contribution in [2.24, 2.45) is 0 Å². The molecule has 4 nitrogen and oxygen atoms in total. The molecule has 20 heavy (non-hydrogen) atoms. The standard InChI is InChI=1S/C14H15FN2O2S/c15-14-10(7-16)2-1-3-11(14)8-17-4-5-20-9-12(17)6-13(18)19/h1-3,12H,4-6,8-9H2,(H,18,19). The minimum absolute atomic E-state index is 0.0312. The van der Waals surface area contributed by atoms with E-state index >= 15 is 0 Å². The molecule has 0 aliphatic carbocycles. The van der Waals surface area contributed by atoms with E-state index in [0.29, 0.717) is 12.1 Å². The highest BCUT2D eigenvalue weighted by atomic mass is 32.2. The number of halogens is 1. The summed E-state index contributed by atoms with van der Waals surface area (Å²) in [5.41, 5.74) is 0.481. The highest BCUT2D eigenvalue weighted by Crippen LogP contribution is 2.23. The molecule has 0 radical (unpaired) electrons. The number of nitriles is 1. The second kappa shape index (κ2) is 6.73. The van der Waals surface area contributed by atoms with Gasteiger partial charge in [0.15, 0.2) is 0 Å². The Morgan fingerprint density at radius 3 is 3.10 bits per heavy atom. The van der Waals surface area contributed by atoms with Gasteiger partial charge in [-0.2, -0.15) is 17.0 Å². The van der Waals surface area contributed by atoms with Crippen LogP contribution in [0.15, 0.2) is 18.2 Å². The van der Waals surface area contributed by atoms with Crippen molar-refractivity contribution >= 4 is 17.7 Å². The number of carbonyl (C=O) groups is 1. The van der Waals surface area contributed by atoms with E-state index in [0.717, 1.165) is 18.1 Å². The van der Waals surface area contributed by atoms with E-state index in [1.807, 2.05) is 11.0 Å². The third-order valence-electron chi connectivity index (χ3n) is 3.33. The first-order valence-electron chi connectivity index (χ1n) is 6.33. The molecule has 6 heteroatoms. The zero-order chi connectivity index (χ0) is 14.5. The van der Waals surface area contributed by atoms with Crippen molar-refractivity contribution in [1.82, 2.24) is 4.90 Å². The molecule has 0 spiro atoms. The third kappa shape index (κ3) is 3.50. The molecule has 1 fully saturated rings. The molecule has 1 saturated heterocycles. The van der Waals surface area contributed by atoms with Crippen LogP contribution in [0, 0.1) is 17.1 Å². The van der Waals surface area contributed by atoms with Crippen molar-refractivity contribution in [3.63, 3.8) is 0 Å². The number of thioether (sulfide) groups is 1. The molecule has 106 valence electrons. The van der Waals surface area contributed by atoms with E-state index in [-0.39, 0.29) is 18.0 Å². The Morgan fingerprint density at radius 2 is 2.40 bits per heavy atom. The van der Waals surface area contributed by atoms with Gasteiger partial charge in [-0.25, -0.2) is 4.39 Å². The molecule has 1 aromatic rings. The topological polar surface area (TPSA) is 64.3 Å². The largest absolute Gasteiger partial charge is 0.481 e. The Balaban J connectivity index is 2.15. The minimum atomic E-state index is -0.839. The van der Waals surface area contributed by atoms with Gasteiger partial charge in [0.25, 0.3) is 0 Å². The number of hydrogen-bond acceptors (Lipinski definition) is 4. The van der Waals surface area contributed by atoms with Crippen LogP contribution >= 0.6 is 11.8 Å². The van der Waals surface area contributed by atoms with E-state index in [1.54, 1.807) is 23.9 Å². The van der Waals surface area contributed by atoms with Crippen LogP contribution in [0.5, 0.6) is 0 Å².